The van der Waals surface area contributed by atoms with Gasteiger partial charge in [-0.25, -0.2) is 12.7 Å². The minimum atomic E-state index is -3.03. The highest BCUT2D eigenvalue weighted by molar-refractivity contribution is 9.10. The van der Waals surface area contributed by atoms with Crippen LogP contribution in [0.2, 0.25) is 0 Å². The molecule has 1 fully saturated rings. The lowest BCUT2D eigenvalue weighted by Crippen LogP contribution is -2.45. The molecule has 1 N–H and O–H groups in total. The maximum Gasteiger partial charge on any atom is 0.211 e. The molecular formula is C12H19BrN2O2S2. The van der Waals surface area contributed by atoms with Crippen LogP contribution in [0.3, 0.4) is 0 Å². The van der Waals surface area contributed by atoms with Crippen LogP contribution < -0.4 is 5.32 Å². The van der Waals surface area contributed by atoms with Crippen molar-refractivity contribution in [2.45, 2.75) is 31.8 Å². The Morgan fingerprint density at radius 1 is 1.47 bits per heavy atom. The quantitative estimate of drug-likeness (QED) is 0.890. The van der Waals surface area contributed by atoms with Crippen LogP contribution in [0.4, 0.5) is 0 Å². The molecule has 7 heteroatoms. The van der Waals surface area contributed by atoms with Gasteiger partial charge in [-0.3, -0.25) is 0 Å². The monoisotopic (exact) mass is 366 g/mol. The van der Waals surface area contributed by atoms with E-state index in [2.05, 4.69) is 39.6 Å². The number of halogens is 1. The van der Waals surface area contributed by atoms with Crippen molar-refractivity contribution in [2.75, 3.05) is 19.3 Å². The third-order valence-corrected chi connectivity index (χ3v) is 6.60. The molecule has 0 amide bonds. The van der Waals surface area contributed by atoms with Gasteiger partial charge in [-0.2, -0.15) is 0 Å². The van der Waals surface area contributed by atoms with Crippen LogP contribution in [0.15, 0.2) is 15.9 Å². The summed E-state index contributed by atoms with van der Waals surface area (Å²) in [5.41, 5.74) is 0. The van der Waals surface area contributed by atoms with Crippen molar-refractivity contribution in [2.24, 2.45) is 0 Å². The standard InChI is InChI=1S/C12H19BrN2O2S2/c1-9(12-7-10(13)8-18-12)14-11-3-5-15(6-4-11)19(2,16)17/h7-9,11,14H,3-6H2,1-2H3. The van der Waals surface area contributed by atoms with Crippen molar-refractivity contribution in [3.8, 4) is 0 Å². The summed E-state index contributed by atoms with van der Waals surface area (Å²) < 4.78 is 25.6. The van der Waals surface area contributed by atoms with Gasteiger partial charge in [0.1, 0.15) is 0 Å². The average Bonchev–Trinajstić information content (AvgIpc) is 2.75. The van der Waals surface area contributed by atoms with Gasteiger partial charge < -0.3 is 5.32 Å². The van der Waals surface area contributed by atoms with Crippen molar-refractivity contribution >= 4 is 37.3 Å². The lowest BCUT2D eigenvalue weighted by atomic mass is 10.1. The van der Waals surface area contributed by atoms with E-state index in [0.717, 1.165) is 17.3 Å². The molecule has 2 rings (SSSR count). The van der Waals surface area contributed by atoms with Crippen molar-refractivity contribution in [1.82, 2.24) is 9.62 Å². The van der Waals surface area contributed by atoms with Crippen LogP contribution in [0.1, 0.15) is 30.7 Å². The van der Waals surface area contributed by atoms with E-state index >= 15 is 0 Å². The first kappa shape index (κ1) is 15.4. The average molecular weight is 367 g/mol. The first-order valence-electron chi connectivity index (χ1n) is 6.31. The Bertz CT molecular complexity index is 522. The van der Waals surface area contributed by atoms with Crippen LogP contribution >= 0.6 is 27.3 Å². The van der Waals surface area contributed by atoms with Gasteiger partial charge in [-0.1, -0.05) is 0 Å². The lowest BCUT2D eigenvalue weighted by Gasteiger charge is -2.32. The highest BCUT2D eigenvalue weighted by Crippen LogP contribution is 2.26. The molecule has 1 aromatic heterocycles. The van der Waals surface area contributed by atoms with Gasteiger partial charge in [-0.15, -0.1) is 11.3 Å². The van der Waals surface area contributed by atoms with E-state index in [9.17, 15) is 8.42 Å². The predicted molar refractivity (Wildman–Crippen MR) is 83.0 cm³/mol. The molecular weight excluding hydrogens is 348 g/mol. The number of sulfonamides is 1. The topological polar surface area (TPSA) is 49.4 Å². The Kier molecular flexibility index (Phi) is 5.05. The molecule has 19 heavy (non-hydrogen) atoms. The fourth-order valence-electron chi connectivity index (χ4n) is 2.35. The fraction of sp³-hybridized carbons (Fsp3) is 0.667. The number of thiophene rings is 1. The van der Waals surface area contributed by atoms with Gasteiger partial charge >= 0.3 is 0 Å². The number of nitrogens with zero attached hydrogens (tertiary/aromatic N) is 1. The third-order valence-electron chi connectivity index (χ3n) is 3.42. The highest BCUT2D eigenvalue weighted by atomic mass is 79.9. The van der Waals surface area contributed by atoms with Crippen LogP contribution in [-0.4, -0.2) is 38.1 Å². The molecule has 1 aromatic rings. The van der Waals surface area contributed by atoms with E-state index in [1.165, 1.54) is 11.1 Å². The number of hydrogen-bond donors (Lipinski definition) is 1. The van der Waals surface area contributed by atoms with Crippen LogP contribution in [0.5, 0.6) is 0 Å². The van der Waals surface area contributed by atoms with Crippen molar-refractivity contribution in [1.29, 1.82) is 0 Å². The molecule has 1 aliphatic rings. The van der Waals surface area contributed by atoms with Gasteiger partial charge in [0, 0.05) is 39.9 Å². The summed E-state index contributed by atoms with van der Waals surface area (Å²) in [5.74, 6) is 0. The van der Waals surface area contributed by atoms with Crippen LogP contribution in [-0.2, 0) is 10.0 Å². The molecule has 0 spiro atoms. The van der Waals surface area contributed by atoms with Gasteiger partial charge in [-0.05, 0) is 41.8 Å². The maximum absolute atomic E-state index is 11.4. The maximum atomic E-state index is 11.4. The molecule has 108 valence electrons. The smallest absolute Gasteiger partial charge is 0.211 e. The van der Waals surface area contributed by atoms with Gasteiger partial charge in [0.15, 0.2) is 0 Å². The minimum Gasteiger partial charge on any atom is -0.307 e. The fourth-order valence-corrected chi connectivity index (χ4v) is 4.68. The van der Waals surface area contributed by atoms with Crippen LogP contribution in [0.25, 0.3) is 0 Å². The first-order valence-corrected chi connectivity index (χ1v) is 9.83. The summed E-state index contributed by atoms with van der Waals surface area (Å²) in [6.45, 7) is 3.40. The molecule has 4 nitrogen and oxygen atoms in total. The SMILES string of the molecule is CC(NC1CCN(S(C)(=O)=O)CC1)c1cc(Br)cs1. The molecule has 0 saturated carbocycles. The molecule has 1 atom stereocenters. The largest absolute Gasteiger partial charge is 0.307 e. The molecule has 2 heterocycles. The zero-order chi connectivity index (χ0) is 14.0. The Hall–Kier alpha value is 0.0500. The molecule has 0 aromatic carbocycles. The Labute approximate surface area is 127 Å². The summed E-state index contributed by atoms with van der Waals surface area (Å²) in [4.78, 5) is 1.30. The lowest BCUT2D eigenvalue weighted by molar-refractivity contribution is 0.279. The van der Waals surface area contributed by atoms with Crippen molar-refractivity contribution < 1.29 is 8.42 Å². The highest BCUT2D eigenvalue weighted by Gasteiger charge is 2.25. The van der Waals surface area contributed by atoms with E-state index < -0.39 is 10.0 Å². The first-order chi connectivity index (χ1) is 8.86. The van der Waals surface area contributed by atoms with Gasteiger partial charge in [0.25, 0.3) is 0 Å². The zero-order valence-corrected chi connectivity index (χ0v) is 14.3. The number of piperidine rings is 1. The molecule has 1 aliphatic heterocycles. The summed E-state index contributed by atoms with van der Waals surface area (Å²) in [5, 5.41) is 5.67. The second-order valence-electron chi connectivity index (χ2n) is 4.99. The molecule has 0 radical (unpaired) electrons. The Morgan fingerprint density at radius 3 is 2.58 bits per heavy atom. The minimum absolute atomic E-state index is 0.311. The molecule has 0 bridgehead atoms. The molecule has 0 aliphatic carbocycles. The zero-order valence-electron chi connectivity index (χ0n) is 11.1. The van der Waals surface area contributed by atoms with E-state index in [1.807, 2.05) is 0 Å². The predicted octanol–water partition coefficient (Wildman–Crippen LogP) is 2.59. The van der Waals surface area contributed by atoms with Gasteiger partial charge in [0.2, 0.25) is 10.0 Å². The van der Waals surface area contributed by atoms with E-state index in [0.29, 0.717) is 25.2 Å². The normalized spacial score (nSPS) is 20.6. The summed E-state index contributed by atoms with van der Waals surface area (Å²) in [6, 6.07) is 2.84. The number of nitrogens with one attached hydrogen (secondary N) is 1. The Morgan fingerprint density at radius 2 is 2.11 bits per heavy atom. The molecule has 1 unspecified atom stereocenters. The third kappa shape index (κ3) is 4.26. The van der Waals surface area contributed by atoms with Crippen LogP contribution in [0, 0.1) is 0 Å². The number of rotatable bonds is 4. The summed E-state index contributed by atoms with van der Waals surface area (Å²) in [7, 11) is -3.03. The van der Waals surface area contributed by atoms with E-state index in [1.54, 1.807) is 15.6 Å². The second-order valence-corrected chi connectivity index (χ2v) is 8.83. The Balaban J connectivity index is 1.86. The van der Waals surface area contributed by atoms with Gasteiger partial charge in [0.05, 0.1) is 6.26 Å². The van der Waals surface area contributed by atoms with Crippen molar-refractivity contribution in [3.63, 3.8) is 0 Å². The summed E-state index contributed by atoms with van der Waals surface area (Å²) in [6.07, 6.45) is 3.04. The van der Waals surface area contributed by atoms with E-state index in [4.69, 9.17) is 0 Å². The second kappa shape index (κ2) is 6.22. The summed E-state index contributed by atoms with van der Waals surface area (Å²) >= 11 is 5.20. The molecule has 1 saturated heterocycles. The number of hydrogen-bond acceptors (Lipinski definition) is 4. The van der Waals surface area contributed by atoms with E-state index in [-0.39, 0.29) is 0 Å². The van der Waals surface area contributed by atoms with Crippen molar-refractivity contribution in [3.05, 3.63) is 20.8 Å².